The molecule has 1 aliphatic heterocycles. The molecular formula is C22H18Cl2F4N2O. The molecule has 4 rings (SSSR count). The lowest BCUT2D eigenvalue weighted by Gasteiger charge is -2.15. The van der Waals surface area contributed by atoms with Crippen LogP contribution in [0.15, 0.2) is 69.8 Å². The molecule has 3 nitrogen and oxygen atoms in total. The Morgan fingerprint density at radius 1 is 1.00 bits per heavy atom. The van der Waals surface area contributed by atoms with Crippen LogP contribution in [0.3, 0.4) is 0 Å². The number of nitrogens with zero attached hydrogens (tertiary/aromatic N) is 2. The summed E-state index contributed by atoms with van der Waals surface area (Å²) in [7, 11) is 0. The van der Waals surface area contributed by atoms with Gasteiger partial charge in [0.05, 0.1) is 5.71 Å². The number of hydrogen-bond acceptors (Lipinski definition) is 3. The molecule has 0 saturated carbocycles. The molecule has 0 atom stereocenters. The van der Waals surface area contributed by atoms with Crippen LogP contribution in [0.2, 0.25) is 0 Å². The zero-order chi connectivity index (χ0) is 20.4. The minimum Gasteiger partial charge on any atom is -0.457 e. The van der Waals surface area contributed by atoms with Gasteiger partial charge in [0.25, 0.3) is 0 Å². The van der Waals surface area contributed by atoms with Crippen LogP contribution < -0.4 is 0 Å². The molecule has 0 N–H and O–H groups in total. The van der Waals surface area contributed by atoms with Gasteiger partial charge in [-0.05, 0) is 54.8 Å². The fourth-order valence-electron chi connectivity index (χ4n) is 3.36. The summed E-state index contributed by atoms with van der Waals surface area (Å²) in [6.07, 6.45) is 1.96. The molecule has 0 bridgehead atoms. The number of alkyl halides is 3. The molecule has 164 valence electrons. The van der Waals surface area contributed by atoms with Gasteiger partial charge >= 0.3 is 6.18 Å². The lowest BCUT2D eigenvalue weighted by Crippen LogP contribution is -2.11. The van der Waals surface area contributed by atoms with Crippen molar-refractivity contribution in [1.29, 1.82) is 0 Å². The Bertz CT molecular complexity index is 1090. The van der Waals surface area contributed by atoms with E-state index in [9.17, 15) is 17.6 Å². The first kappa shape index (κ1) is 24.6. The first-order chi connectivity index (χ1) is 13.9. The fraction of sp³-hybridized carbons (Fsp3) is 0.182. The minimum absolute atomic E-state index is 0. The Labute approximate surface area is 188 Å². The molecule has 31 heavy (non-hydrogen) atoms. The van der Waals surface area contributed by atoms with Gasteiger partial charge in [0.15, 0.2) is 0 Å². The Morgan fingerprint density at radius 2 is 1.81 bits per heavy atom. The maximum Gasteiger partial charge on any atom is 0.419 e. The van der Waals surface area contributed by atoms with Crippen molar-refractivity contribution >= 4 is 36.6 Å². The number of rotatable bonds is 3. The lowest BCUT2D eigenvalue weighted by atomic mass is 9.96. The van der Waals surface area contributed by atoms with Gasteiger partial charge in [0.2, 0.25) is 0 Å². The monoisotopic (exact) mass is 472 g/mol. The van der Waals surface area contributed by atoms with Crippen molar-refractivity contribution in [3.8, 4) is 11.3 Å². The molecule has 0 fully saturated rings. The Morgan fingerprint density at radius 3 is 2.52 bits per heavy atom. The predicted molar refractivity (Wildman–Crippen MR) is 116 cm³/mol. The molecule has 3 heterocycles. The van der Waals surface area contributed by atoms with Crippen molar-refractivity contribution in [2.75, 3.05) is 6.54 Å². The van der Waals surface area contributed by atoms with Crippen LogP contribution in [0.5, 0.6) is 0 Å². The number of hydrogen-bond donors (Lipinski definition) is 0. The zero-order valence-electron chi connectivity index (χ0n) is 16.0. The number of pyridine rings is 1. The Balaban J connectivity index is 0.00000171. The van der Waals surface area contributed by atoms with Gasteiger partial charge < -0.3 is 4.42 Å². The van der Waals surface area contributed by atoms with Crippen LogP contribution in [-0.2, 0) is 6.18 Å². The highest BCUT2D eigenvalue weighted by molar-refractivity contribution is 6.15. The zero-order valence-corrected chi connectivity index (χ0v) is 17.7. The molecule has 0 radical (unpaired) electrons. The van der Waals surface area contributed by atoms with Gasteiger partial charge in [-0.15, -0.1) is 24.8 Å². The van der Waals surface area contributed by atoms with Gasteiger partial charge in [-0.1, -0.05) is 12.1 Å². The topological polar surface area (TPSA) is 38.4 Å². The average Bonchev–Trinajstić information content (AvgIpc) is 3.16. The predicted octanol–water partition coefficient (Wildman–Crippen LogP) is 7.01. The van der Waals surface area contributed by atoms with E-state index in [4.69, 9.17) is 4.42 Å². The number of aliphatic imine (C=N–C) groups is 1. The third-order valence-electron chi connectivity index (χ3n) is 4.62. The van der Waals surface area contributed by atoms with Crippen LogP contribution in [0.4, 0.5) is 17.6 Å². The van der Waals surface area contributed by atoms with Gasteiger partial charge in [-0.2, -0.15) is 13.2 Å². The van der Waals surface area contributed by atoms with Crippen molar-refractivity contribution in [2.24, 2.45) is 4.99 Å². The van der Waals surface area contributed by atoms with E-state index in [2.05, 4.69) is 9.98 Å². The van der Waals surface area contributed by atoms with Crippen LogP contribution in [0.25, 0.3) is 17.4 Å². The molecule has 9 heteroatoms. The van der Waals surface area contributed by atoms with E-state index in [1.807, 2.05) is 12.1 Å². The largest absolute Gasteiger partial charge is 0.457 e. The molecule has 0 spiro atoms. The van der Waals surface area contributed by atoms with Gasteiger partial charge in [-0.25, -0.2) is 4.39 Å². The number of halogens is 6. The van der Waals surface area contributed by atoms with E-state index in [0.29, 0.717) is 12.3 Å². The van der Waals surface area contributed by atoms with Gasteiger partial charge in [0.1, 0.15) is 22.9 Å². The molecule has 1 aromatic carbocycles. The van der Waals surface area contributed by atoms with Crippen molar-refractivity contribution < 1.29 is 22.0 Å². The second-order valence-electron chi connectivity index (χ2n) is 6.61. The van der Waals surface area contributed by atoms with Crippen LogP contribution >= 0.6 is 24.8 Å². The van der Waals surface area contributed by atoms with Crippen molar-refractivity contribution in [3.05, 3.63) is 83.1 Å². The molecule has 3 aromatic rings. The second-order valence-corrected chi connectivity index (χ2v) is 6.61. The van der Waals surface area contributed by atoms with E-state index in [1.54, 1.807) is 24.5 Å². The highest BCUT2D eigenvalue weighted by Crippen LogP contribution is 2.39. The third kappa shape index (κ3) is 5.35. The molecule has 0 saturated heterocycles. The van der Waals surface area contributed by atoms with Crippen molar-refractivity contribution in [1.82, 2.24) is 4.98 Å². The van der Waals surface area contributed by atoms with Crippen LogP contribution in [0.1, 0.15) is 29.7 Å². The number of aromatic nitrogens is 1. The number of allylic oxidation sites excluding steroid dienone is 1. The summed E-state index contributed by atoms with van der Waals surface area (Å²) < 4.78 is 59.4. The summed E-state index contributed by atoms with van der Waals surface area (Å²) in [6.45, 7) is 0.698. The molecule has 2 aromatic heterocycles. The van der Waals surface area contributed by atoms with E-state index in [-0.39, 0.29) is 36.1 Å². The van der Waals surface area contributed by atoms with E-state index in [1.165, 1.54) is 18.2 Å². The highest BCUT2D eigenvalue weighted by atomic mass is 35.5. The maximum absolute atomic E-state index is 13.9. The van der Waals surface area contributed by atoms with E-state index >= 15 is 0 Å². The summed E-state index contributed by atoms with van der Waals surface area (Å²) in [5.41, 5.74) is 0.926. The normalized spacial score (nSPS) is 15.1. The van der Waals surface area contributed by atoms with Crippen molar-refractivity contribution in [2.45, 2.75) is 19.0 Å². The highest BCUT2D eigenvalue weighted by Gasteiger charge is 2.37. The first-order valence-electron chi connectivity index (χ1n) is 9.05. The summed E-state index contributed by atoms with van der Waals surface area (Å²) in [5, 5.41) is 0. The molecule has 1 aliphatic rings. The lowest BCUT2D eigenvalue weighted by molar-refractivity contribution is -0.139. The Kier molecular flexibility index (Phi) is 8.03. The van der Waals surface area contributed by atoms with Crippen LogP contribution in [-0.4, -0.2) is 17.2 Å². The first-order valence-corrected chi connectivity index (χ1v) is 9.05. The fourth-order valence-corrected chi connectivity index (χ4v) is 3.36. The summed E-state index contributed by atoms with van der Waals surface area (Å²) >= 11 is 0. The third-order valence-corrected chi connectivity index (χ3v) is 4.62. The average molecular weight is 473 g/mol. The molecule has 0 aliphatic carbocycles. The minimum atomic E-state index is -4.82. The van der Waals surface area contributed by atoms with Crippen molar-refractivity contribution in [3.63, 3.8) is 0 Å². The maximum atomic E-state index is 13.9. The molecule has 0 unspecified atom stereocenters. The quantitative estimate of drug-likeness (QED) is 0.384. The molecular weight excluding hydrogens is 455 g/mol. The molecule has 0 amide bonds. The summed E-state index contributed by atoms with van der Waals surface area (Å²) in [5.74, 6) is -0.991. The smallest absolute Gasteiger partial charge is 0.419 e. The number of furan rings is 1. The van der Waals surface area contributed by atoms with Gasteiger partial charge in [-0.3, -0.25) is 9.98 Å². The Hall–Kier alpha value is -2.64. The second kappa shape index (κ2) is 10.1. The standard InChI is InChI=1S/C22H16F4N2O.2ClH/c23-18-7-1-6-17(20(18)22(24,25)26)19-9-8-16(29-19)12-14-4-3-11-28-21(14)15-5-2-10-27-13-15;;/h1-2,5-10,12-13H,3-4,11H2;2*1H/b14-12-;;. The van der Waals surface area contributed by atoms with Gasteiger partial charge in [0, 0.05) is 30.1 Å². The SMILES string of the molecule is Cl.Cl.Fc1cccc(-c2ccc(/C=C3/CCCN=C3c3cccnc3)o2)c1C(F)(F)F. The van der Waals surface area contributed by atoms with Crippen LogP contribution in [0, 0.1) is 5.82 Å². The summed E-state index contributed by atoms with van der Waals surface area (Å²) in [6, 6.07) is 9.93. The summed E-state index contributed by atoms with van der Waals surface area (Å²) in [4.78, 5) is 8.68. The number of benzene rings is 1. The van der Waals surface area contributed by atoms with E-state index in [0.717, 1.165) is 35.8 Å². The van der Waals surface area contributed by atoms with E-state index < -0.39 is 17.6 Å².